The maximum atomic E-state index is 13.0. The minimum absolute atomic E-state index is 0.148. The Bertz CT molecular complexity index is 1140. The molecule has 2 heterocycles. The summed E-state index contributed by atoms with van der Waals surface area (Å²) in [5.41, 5.74) is 2.09. The van der Waals surface area contributed by atoms with Crippen molar-refractivity contribution in [2.24, 2.45) is 0 Å². The summed E-state index contributed by atoms with van der Waals surface area (Å²) in [6.45, 7) is 1.23. The lowest BCUT2D eigenvalue weighted by Crippen LogP contribution is -2.25. The van der Waals surface area contributed by atoms with Gasteiger partial charge in [0.05, 0.1) is 12.7 Å². The number of aromatic nitrogens is 2. The maximum Gasteiger partial charge on any atom is 0.289 e. The van der Waals surface area contributed by atoms with Crippen LogP contribution in [0, 0.1) is 5.82 Å². The van der Waals surface area contributed by atoms with Crippen molar-refractivity contribution in [1.82, 2.24) is 14.7 Å². The van der Waals surface area contributed by atoms with Gasteiger partial charge >= 0.3 is 0 Å². The first-order valence-electron chi connectivity index (χ1n) is 9.84. The number of carbonyl (C=O) groups excluding carboxylic acids is 1. The van der Waals surface area contributed by atoms with Crippen LogP contribution in [-0.2, 0) is 19.7 Å². The highest BCUT2D eigenvalue weighted by atomic mass is 19.1. The molecule has 6 nitrogen and oxygen atoms in total. The van der Waals surface area contributed by atoms with Crippen LogP contribution < -0.4 is 4.74 Å². The third kappa shape index (κ3) is 5.39. The van der Waals surface area contributed by atoms with E-state index >= 15 is 0 Å². The second-order valence-electron chi connectivity index (χ2n) is 7.20. The predicted molar refractivity (Wildman–Crippen MR) is 113 cm³/mol. The number of hydrogen-bond donors (Lipinski definition) is 0. The molecule has 4 rings (SSSR count). The van der Waals surface area contributed by atoms with Gasteiger partial charge in [-0.1, -0.05) is 30.3 Å². The Morgan fingerprint density at radius 1 is 1.06 bits per heavy atom. The van der Waals surface area contributed by atoms with Crippen molar-refractivity contribution in [3.63, 3.8) is 0 Å². The Morgan fingerprint density at radius 3 is 2.61 bits per heavy atom. The quantitative estimate of drug-likeness (QED) is 0.422. The fraction of sp³-hybridized carbons (Fsp3) is 0.167. The highest BCUT2D eigenvalue weighted by molar-refractivity contribution is 5.91. The third-order valence-electron chi connectivity index (χ3n) is 4.71. The molecular weight excluding hydrogens is 397 g/mol. The van der Waals surface area contributed by atoms with Crippen molar-refractivity contribution in [3.05, 3.63) is 108 Å². The minimum atomic E-state index is -0.327. The molecule has 0 aliphatic heterocycles. The van der Waals surface area contributed by atoms with E-state index in [0.29, 0.717) is 24.6 Å². The first-order chi connectivity index (χ1) is 15.1. The predicted octanol–water partition coefficient (Wildman–Crippen LogP) is 4.51. The van der Waals surface area contributed by atoms with Gasteiger partial charge in [0.2, 0.25) is 0 Å². The average Bonchev–Trinajstić information content (AvgIpc) is 3.43. The van der Waals surface area contributed by atoms with Gasteiger partial charge in [0.15, 0.2) is 5.76 Å². The second-order valence-corrected chi connectivity index (χ2v) is 7.20. The molecule has 4 aromatic rings. The smallest absolute Gasteiger partial charge is 0.289 e. The standard InChI is InChI=1S/C24H22FN3O3/c1-27(14-19-13-26-28(16-19)15-18-5-3-2-4-6-18)24(29)23-12-11-22(31-23)17-30-21-9-7-20(25)8-10-21/h2-13,16H,14-15,17H2,1H3. The summed E-state index contributed by atoms with van der Waals surface area (Å²) < 4.78 is 26.0. The number of carbonyl (C=O) groups is 1. The molecule has 0 saturated carbocycles. The van der Waals surface area contributed by atoms with Gasteiger partial charge in [-0.15, -0.1) is 0 Å². The number of benzene rings is 2. The molecule has 7 heteroatoms. The van der Waals surface area contributed by atoms with Crippen LogP contribution >= 0.6 is 0 Å². The molecule has 0 aliphatic carbocycles. The van der Waals surface area contributed by atoms with Crippen molar-refractivity contribution in [1.29, 1.82) is 0 Å². The zero-order valence-electron chi connectivity index (χ0n) is 17.1. The number of ether oxygens (including phenoxy) is 1. The number of halogens is 1. The van der Waals surface area contributed by atoms with Crippen LogP contribution in [0.25, 0.3) is 0 Å². The molecule has 0 aliphatic rings. The van der Waals surface area contributed by atoms with Crippen LogP contribution in [-0.4, -0.2) is 27.6 Å². The zero-order valence-corrected chi connectivity index (χ0v) is 17.1. The molecule has 0 fully saturated rings. The normalized spacial score (nSPS) is 10.8. The van der Waals surface area contributed by atoms with E-state index in [1.165, 1.54) is 24.3 Å². The molecule has 0 spiro atoms. The van der Waals surface area contributed by atoms with Gasteiger partial charge < -0.3 is 14.1 Å². The fourth-order valence-corrected chi connectivity index (χ4v) is 3.13. The van der Waals surface area contributed by atoms with Crippen LogP contribution in [0.1, 0.15) is 27.4 Å². The highest BCUT2D eigenvalue weighted by Crippen LogP contribution is 2.16. The molecule has 0 bridgehead atoms. The van der Waals surface area contributed by atoms with Crippen molar-refractivity contribution >= 4 is 5.91 Å². The van der Waals surface area contributed by atoms with Crippen molar-refractivity contribution in [2.75, 3.05) is 7.05 Å². The Balaban J connectivity index is 1.31. The van der Waals surface area contributed by atoms with E-state index in [1.54, 1.807) is 30.3 Å². The molecule has 0 N–H and O–H groups in total. The third-order valence-corrected chi connectivity index (χ3v) is 4.71. The number of hydrogen-bond acceptors (Lipinski definition) is 4. The fourth-order valence-electron chi connectivity index (χ4n) is 3.13. The summed E-state index contributed by atoms with van der Waals surface area (Å²) >= 11 is 0. The van der Waals surface area contributed by atoms with Crippen molar-refractivity contribution in [2.45, 2.75) is 19.7 Å². The van der Waals surface area contributed by atoms with Crippen molar-refractivity contribution in [3.8, 4) is 5.75 Å². The number of amides is 1. The van der Waals surface area contributed by atoms with E-state index in [1.807, 2.05) is 41.2 Å². The highest BCUT2D eigenvalue weighted by Gasteiger charge is 2.17. The van der Waals surface area contributed by atoms with E-state index in [2.05, 4.69) is 5.10 Å². The summed E-state index contributed by atoms with van der Waals surface area (Å²) in [6, 6.07) is 19.1. The number of furan rings is 1. The molecule has 0 radical (unpaired) electrons. The first-order valence-corrected chi connectivity index (χ1v) is 9.84. The van der Waals surface area contributed by atoms with E-state index in [-0.39, 0.29) is 24.1 Å². The van der Waals surface area contributed by atoms with Gasteiger partial charge in [-0.05, 0) is 42.0 Å². The van der Waals surface area contributed by atoms with E-state index in [0.717, 1.165) is 11.1 Å². The first kappa shape index (κ1) is 20.4. The SMILES string of the molecule is CN(Cc1cnn(Cc2ccccc2)c1)C(=O)c1ccc(COc2ccc(F)cc2)o1. The lowest BCUT2D eigenvalue weighted by molar-refractivity contribution is 0.0749. The van der Waals surface area contributed by atoms with Gasteiger partial charge in [0.1, 0.15) is 23.9 Å². The largest absolute Gasteiger partial charge is 0.486 e. The molecule has 31 heavy (non-hydrogen) atoms. The Labute approximate surface area is 179 Å². The van der Waals surface area contributed by atoms with Gasteiger partial charge in [-0.3, -0.25) is 9.48 Å². The van der Waals surface area contributed by atoms with Gasteiger partial charge in [0, 0.05) is 25.4 Å². The molecule has 158 valence electrons. The Kier molecular flexibility index (Phi) is 6.12. The van der Waals surface area contributed by atoms with Crippen LogP contribution in [0.4, 0.5) is 4.39 Å². The zero-order chi connectivity index (χ0) is 21.6. The number of nitrogens with zero attached hydrogens (tertiary/aromatic N) is 3. The molecule has 0 atom stereocenters. The Morgan fingerprint density at radius 2 is 1.84 bits per heavy atom. The monoisotopic (exact) mass is 419 g/mol. The Hall–Kier alpha value is -3.87. The molecule has 0 saturated heterocycles. The van der Waals surface area contributed by atoms with E-state index in [9.17, 15) is 9.18 Å². The van der Waals surface area contributed by atoms with E-state index in [4.69, 9.17) is 9.15 Å². The second kappa shape index (κ2) is 9.30. The van der Waals surface area contributed by atoms with Gasteiger partial charge in [0.25, 0.3) is 5.91 Å². The topological polar surface area (TPSA) is 60.5 Å². The summed E-state index contributed by atoms with van der Waals surface area (Å²) in [4.78, 5) is 14.3. The van der Waals surface area contributed by atoms with Gasteiger partial charge in [-0.25, -0.2) is 4.39 Å². The number of rotatable bonds is 8. The summed E-state index contributed by atoms with van der Waals surface area (Å²) in [5, 5.41) is 4.37. The van der Waals surface area contributed by atoms with Crippen LogP contribution in [0.2, 0.25) is 0 Å². The lowest BCUT2D eigenvalue weighted by Gasteiger charge is -2.14. The summed E-state index contributed by atoms with van der Waals surface area (Å²) in [5.74, 6) is 0.708. The van der Waals surface area contributed by atoms with E-state index < -0.39 is 0 Å². The molecule has 2 aromatic heterocycles. The maximum absolute atomic E-state index is 13.0. The minimum Gasteiger partial charge on any atom is -0.486 e. The van der Waals surface area contributed by atoms with Crippen LogP contribution in [0.15, 0.2) is 83.5 Å². The average molecular weight is 419 g/mol. The molecule has 1 amide bonds. The summed E-state index contributed by atoms with van der Waals surface area (Å²) in [7, 11) is 1.72. The van der Waals surface area contributed by atoms with Crippen molar-refractivity contribution < 1.29 is 18.3 Å². The molecule has 2 aromatic carbocycles. The molecule has 0 unspecified atom stereocenters. The summed E-state index contributed by atoms with van der Waals surface area (Å²) in [6.07, 6.45) is 3.69. The van der Waals surface area contributed by atoms with Crippen LogP contribution in [0.5, 0.6) is 5.75 Å². The van der Waals surface area contributed by atoms with Gasteiger partial charge in [-0.2, -0.15) is 5.10 Å². The van der Waals surface area contributed by atoms with Crippen LogP contribution in [0.3, 0.4) is 0 Å². The molecular formula is C24H22FN3O3. The lowest BCUT2D eigenvalue weighted by atomic mass is 10.2.